The molecule has 0 amide bonds. The Kier molecular flexibility index (Phi) is 5.83. The second-order valence-corrected chi connectivity index (χ2v) is 5.22. The van der Waals surface area contributed by atoms with Crippen LogP contribution >= 0.6 is 11.8 Å². The van der Waals surface area contributed by atoms with Crippen LogP contribution in [-0.2, 0) is 0 Å². The molecule has 20 heavy (non-hydrogen) atoms. The molecule has 1 N–H and O–H groups in total. The van der Waals surface area contributed by atoms with E-state index < -0.39 is 0 Å². The molecule has 106 valence electrons. The summed E-state index contributed by atoms with van der Waals surface area (Å²) in [5.74, 6) is 1.76. The van der Waals surface area contributed by atoms with Gasteiger partial charge in [-0.15, -0.1) is 0 Å². The van der Waals surface area contributed by atoms with Crippen molar-refractivity contribution >= 4 is 11.8 Å². The highest BCUT2D eigenvalue weighted by Crippen LogP contribution is 2.24. The molecule has 0 aliphatic carbocycles. The number of nitrogens with one attached hydrogen (secondary N) is 1. The number of ether oxygens (including phenoxy) is 1. The molecule has 2 rings (SSSR count). The Morgan fingerprint density at radius 1 is 1.25 bits per heavy atom. The van der Waals surface area contributed by atoms with Crippen LogP contribution < -0.4 is 10.1 Å². The molecule has 0 radical (unpaired) electrons. The van der Waals surface area contributed by atoms with E-state index in [9.17, 15) is 0 Å². The molecule has 5 heteroatoms. The summed E-state index contributed by atoms with van der Waals surface area (Å²) in [4.78, 5) is 8.48. The van der Waals surface area contributed by atoms with Crippen molar-refractivity contribution in [1.29, 1.82) is 0 Å². The number of thioether (sulfide) groups is 1. The number of benzene rings is 1. The third kappa shape index (κ3) is 4.21. The van der Waals surface area contributed by atoms with E-state index in [1.807, 2.05) is 18.2 Å². The van der Waals surface area contributed by atoms with E-state index >= 15 is 0 Å². The highest BCUT2D eigenvalue weighted by Gasteiger charge is 2.12. The molecule has 0 bridgehead atoms. The lowest BCUT2D eigenvalue weighted by Gasteiger charge is -2.18. The predicted molar refractivity (Wildman–Crippen MR) is 82.2 cm³/mol. The number of nitrogens with zero attached hydrogens (tertiary/aromatic N) is 2. The van der Waals surface area contributed by atoms with Crippen LogP contribution in [0.15, 0.2) is 47.9 Å². The Balaban J connectivity index is 2.06. The van der Waals surface area contributed by atoms with Gasteiger partial charge >= 0.3 is 0 Å². The molecule has 0 spiro atoms. The van der Waals surface area contributed by atoms with E-state index in [0.717, 1.165) is 23.2 Å². The first-order valence-electron chi connectivity index (χ1n) is 6.60. The van der Waals surface area contributed by atoms with Gasteiger partial charge in [0.25, 0.3) is 0 Å². The largest absolute Gasteiger partial charge is 0.497 e. The van der Waals surface area contributed by atoms with Crippen LogP contribution in [-0.4, -0.2) is 29.4 Å². The molecule has 0 saturated heterocycles. The fraction of sp³-hybridized carbons (Fsp3) is 0.333. The number of aromatic nitrogens is 2. The zero-order valence-electron chi connectivity index (χ0n) is 11.7. The fourth-order valence-electron chi connectivity index (χ4n) is 1.90. The number of rotatable bonds is 7. The van der Waals surface area contributed by atoms with Crippen molar-refractivity contribution in [3.8, 4) is 5.75 Å². The van der Waals surface area contributed by atoms with Gasteiger partial charge < -0.3 is 10.1 Å². The van der Waals surface area contributed by atoms with Gasteiger partial charge in [0.1, 0.15) is 5.75 Å². The van der Waals surface area contributed by atoms with Crippen molar-refractivity contribution < 1.29 is 4.74 Å². The maximum absolute atomic E-state index is 5.29. The minimum absolute atomic E-state index is 0.254. The summed E-state index contributed by atoms with van der Waals surface area (Å²) < 4.78 is 5.29. The van der Waals surface area contributed by atoms with Gasteiger partial charge in [0, 0.05) is 24.2 Å². The Labute approximate surface area is 124 Å². The second-order valence-electron chi connectivity index (χ2n) is 4.23. The molecule has 1 atom stereocenters. The van der Waals surface area contributed by atoms with Crippen LogP contribution in [0.3, 0.4) is 0 Å². The third-order valence-electron chi connectivity index (χ3n) is 2.87. The Morgan fingerprint density at radius 2 is 2.05 bits per heavy atom. The average molecular weight is 289 g/mol. The molecular formula is C15H19N3OS. The number of hydrogen-bond donors (Lipinski definition) is 1. The number of hydrogen-bond acceptors (Lipinski definition) is 5. The van der Waals surface area contributed by atoms with E-state index in [4.69, 9.17) is 4.74 Å². The van der Waals surface area contributed by atoms with Gasteiger partial charge in [0.15, 0.2) is 5.16 Å². The average Bonchev–Trinajstić information content (AvgIpc) is 2.52. The minimum Gasteiger partial charge on any atom is -0.497 e. The SMILES string of the molecule is CCNC(CSc1ncccn1)c1cccc(OC)c1. The van der Waals surface area contributed by atoms with Crippen molar-refractivity contribution in [2.24, 2.45) is 0 Å². The summed E-state index contributed by atoms with van der Waals surface area (Å²) in [7, 11) is 1.69. The first kappa shape index (κ1) is 14.8. The lowest BCUT2D eigenvalue weighted by atomic mass is 10.1. The lowest BCUT2D eigenvalue weighted by molar-refractivity contribution is 0.413. The van der Waals surface area contributed by atoms with E-state index in [1.165, 1.54) is 5.56 Å². The Morgan fingerprint density at radius 3 is 2.75 bits per heavy atom. The summed E-state index contributed by atoms with van der Waals surface area (Å²) in [6, 6.07) is 10.2. The maximum Gasteiger partial charge on any atom is 0.187 e. The molecule has 1 aromatic carbocycles. The third-order valence-corrected chi connectivity index (χ3v) is 3.84. The summed E-state index contributed by atoms with van der Waals surface area (Å²) in [6.45, 7) is 3.02. The van der Waals surface area contributed by atoms with Gasteiger partial charge in [-0.05, 0) is 30.3 Å². The molecule has 1 aromatic heterocycles. The van der Waals surface area contributed by atoms with Crippen molar-refractivity contribution in [1.82, 2.24) is 15.3 Å². The Hall–Kier alpha value is -1.59. The first-order valence-corrected chi connectivity index (χ1v) is 7.59. The number of methoxy groups -OCH3 is 1. The van der Waals surface area contributed by atoms with Gasteiger partial charge in [-0.25, -0.2) is 9.97 Å². The van der Waals surface area contributed by atoms with Crippen molar-refractivity contribution in [2.45, 2.75) is 18.1 Å². The zero-order chi connectivity index (χ0) is 14.2. The molecular weight excluding hydrogens is 270 g/mol. The summed E-state index contributed by atoms with van der Waals surface area (Å²) >= 11 is 1.65. The highest BCUT2D eigenvalue weighted by atomic mass is 32.2. The van der Waals surface area contributed by atoms with Gasteiger partial charge in [-0.2, -0.15) is 0 Å². The fourth-order valence-corrected chi connectivity index (χ4v) is 2.79. The van der Waals surface area contributed by atoms with Gasteiger partial charge in [-0.3, -0.25) is 0 Å². The summed E-state index contributed by atoms with van der Waals surface area (Å²) in [6.07, 6.45) is 3.53. The topological polar surface area (TPSA) is 47.0 Å². The predicted octanol–water partition coefficient (Wildman–Crippen LogP) is 2.93. The van der Waals surface area contributed by atoms with Gasteiger partial charge in [0.2, 0.25) is 0 Å². The van der Waals surface area contributed by atoms with Gasteiger partial charge in [-0.1, -0.05) is 30.8 Å². The zero-order valence-corrected chi connectivity index (χ0v) is 12.6. The van der Waals surface area contributed by atoms with Crippen LogP contribution in [0, 0.1) is 0 Å². The molecule has 4 nitrogen and oxygen atoms in total. The van der Waals surface area contributed by atoms with Crippen LogP contribution in [0.2, 0.25) is 0 Å². The molecule has 2 aromatic rings. The Bertz CT molecular complexity index is 522. The van der Waals surface area contributed by atoms with Crippen molar-refractivity contribution in [3.05, 3.63) is 48.3 Å². The van der Waals surface area contributed by atoms with E-state index in [2.05, 4.69) is 34.3 Å². The van der Waals surface area contributed by atoms with Crippen LogP contribution in [0.25, 0.3) is 0 Å². The monoisotopic (exact) mass is 289 g/mol. The molecule has 0 saturated carbocycles. The van der Waals surface area contributed by atoms with Crippen LogP contribution in [0.5, 0.6) is 5.75 Å². The molecule has 0 fully saturated rings. The molecule has 0 aliphatic rings. The van der Waals surface area contributed by atoms with E-state index in [0.29, 0.717) is 0 Å². The van der Waals surface area contributed by atoms with Crippen molar-refractivity contribution in [2.75, 3.05) is 19.4 Å². The molecule has 0 aliphatic heterocycles. The lowest BCUT2D eigenvalue weighted by Crippen LogP contribution is -2.23. The molecule has 1 unspecified atom stereocenters. The minimum atomic E-state index is 0.254. The van der Waals surface area contributed by atoms with Crippen LogP contribution in [0.1, 0.15) is 18.5 Å². The quantitative estimate of drug-likeness (QED) is 0.627. The standard InChI is InChI=1S/C15H19N3OS/c1-3-16-14(11-20-15-17-8-5-9-18-15)12-6-4-7-13(10-12)19-2/h4-10,14,16H,3,11H2,1-2H3. The maximum atomic E-state index is 5.29. The highest BCUT2D eigenvalue weighted by molar-refractivity contribution is 7.99. The van der Waals surface area contributed by atoms with E-state index in [-0.39, 0.29) is 6.04 Å². The van der Waals surface area contributed by atoms with Crippen LogP contribution in [0.4, 0.5) is 0 Å². The second kappa shape index (κ2) is 7.87. The summed E-state index contributed by atoms with van der Waals surface area (Å²) in [5, 5.41) is 4.29. The van der Waals surface area contributed by atoms with Crippen molar-refractivity contribution in [3.63, 3.8) is 0 Å². The van der Waals surface area contributed by atoms with E-state index in [1.54, 1.807) is 31.3 Å². The first-order chi connectivity index (χ1) is 9.83. The summed E-state index contributed by atoms with van der Waals surface area (Å²) in [5.41, 5.74) is 1.22. The smallest absolute Gasteiger partial charge is 0.187 e. The van der Waals surface area contributed by atoms with Gasteiger partial charge in [0.05, 0.1) is 7.11 Å². The normalized spacial score (nSPS) is 12.1. The molecule has 1 heterocycles.